The first-order chi connectivity index (χ1) is 22.3. The van der Waals surface area contributed by atoms with Crippen molar-refractivity contribution in [2.24, 2.45) is 5.92 Å². The third kappa shape index (κ3) is 4.44. The van der Waals surface area contributed by atoms with Gasteiger partial charge in [0, 0.05) is 29.9 Å². The first-order valence-electron chi connectivity index (χ1n) is 15.0. The molecule has 0 unspecified atom stereocenters. The Morgan fingerprint density at radius 1 is 0.870 bits per heavy atom. The number of nitrogens with one attached hydrogen (secondary N) is 1. The van der Waals surface area contributed by atoms with Crippen molar-refractivity contribution in [3.05, 3.63) is 144 Å². The summed E-state index contributed by atoms with van der Waals surface area (Å²) in [6, 6.07) is 26.5. The molecule has 0 radical (unpaired) electrons. The smallest absolute Gasteiger partial charge is 0.308 e. The van der Waals surface area contributed by atoms with E-state index in [1.807, 2.05) is 65.7 Å². The van der Waals surface area contributed by atoms with Crippen LogP contribution in [0.15, 0.2) is 116 Å². The van der Waals surface area contributed by atoms with Crippen molar-refractivity contribution >= 4 is 35.2 Å². The lowest BCUT2D eigenvalue weighted by atomic mass is 9.62. The Morgan fingerprint density at radius 3 is 2.24 bits per heavy atom. The van der Waals surface area contributed by atoms with Gasteiger partial charge in [-0.15, -0.1) is 0 Å². The number of amides is 1. The number of esters is 1. The van der Waals surface area contributed by atoms with Gasteiger partial charge in [-0.25, -0.2) is 0 Å². The second-order valence-corrected chi connectivity index (χ2v) is 11.6. The maximum atomic E-state index is 15.0. The number of carbonyl (C=O) groups is 4. The second kappa shape index (κ2) is 11.3. The van der Waals surface area contributed by atoms with E-state index in [2.05, 4.69) is 11.9 Å². The van der Waals surface area contributed by atoms with Crippen molar-refractivity contribution in [1.29, 1.82) is 0 Å². The number of hydrogen-bond acceptors (Lipinski definition) is 7. The molecule has 8 nitrogen and oxygen atoms in total. The van der Waals surface area contributed by atoms with Crippen molar-refractivity contribution < 1.29 is 28.7 Å². The van der Waals surface area contributed by atoms with Gasteiger partial charge in [0.25, 0.3) is 0 Å². The van der Waals surface area contributed by atoms with Crippen molar-refractivity contribution in [1.82, 2.24) is 4.90 Å². The van der Waals surface area contributed by atoms with Crippen LogP contribution in [0, 0.1) is 5.92 Å². The molecule has 0 aromatic heterocycles. The van der Waals surface area contributed by atoms with Crippen LogP contribution in [0.1, 0.15) is 50.4 Å². The summed E-state index contributed by atoms with van der Waals surface area (Å²) in [5.41, 5.74) is 2.28. The van der Waals surface area contributed by atoms with E-state index >= 15 is 0 Å². The Hall–Kier alpha value is -5.76. The number of hydrogen-bond donors (Lipinski definition) is 1. The number of para-hydroxylation sites is 1. The SMILES string of the molecule is C=CCOc1ccc(C(=O)[C@@H]2[C@H](C(=O)c3ccc(OC(C)=O)cc3)N3C=Cc4ccccc4[C@H]3[C@]23C(=O)Nc2ccccc23)cc1. The van der Waals surface area contributed by atoms with E-state index in [1.54, 1.807) is 54.6 Å². The highest BCUT2D eigenvalue weighted by Crippen LogP contribution is 2.62. The largest absolute Gasteiger partial charge is 0.490 e. The normalized spacial score (nSPS) is 22.0. The van der Waals surface area contributed by atoms with Crippen LogP contribution in [-0.4, -0.2) is 41.0 Å². The summed E-state index contributed by atoms with van der Waals surface area (Å²) in [6.45, 7) is 5.29. The third-order valence-corrected chi connectivity index (χ3v) is 9.03. The van der Waals surface area contributed by atoms with Gasteiger partial charge in [-0.05, 0) is 77.4 Å². The van der Waals surface area contributed by atoms with Crippen molar-refractivity contribution in [2.45, 2.75) is 24.4 Å². The van der Waals surface area contributed by atoms with Crippen LogP contribution in [0.2, 0.25) is 0 Å². The summed E-state index contributed by atoms with van der Waals surface area (Å²) in [6.07, 6.45) is 5.38. The fourth-order valence-corrected chi connectivity index (χ4v) is 7.24. The average Bonchev–Trinajstić information content (AvgIpc) is 3.55. The zero-order chi connectivity index (χ0) is 32.0. The topological polar surface area (TPSA) is 102 Å². The fraction of sp³-hybridized carbons (Fsp3) is 0.158. The minimum absolute atomic E-state index is 0.298. The number of ketones is 2. The molecule has 4 aromatic carbocycles. The summed E-state index contributed by atoms with van der Waals surface area (Å²) in [5, 5.41) is 3.06. The third-order valence-electron chi connectivity index (χ3n) is 9.03. The zero-order valence-corrected chi connectivity index (χ0v) is 25.0. The van der Waals surface area contributed by atoms with Crippen LogP contribution in [-0.2, 0) is 15.0 Å². The van der Waals surface area contributed by atoms with Gasteiger partial charge in [0.2, 0.25) is 5.91 Å². The fourth-order valence-electron chi connectivity index (χ4n) is 7.24. The van der Waals surface area contributed by atoms with Gasteiger partial charge in [0.15, 0.2) is 11.6 Å². The second-order valence-electron chi connectivity index (χ2n) is 11.6. The molecular weight excluding hydrogens is 580 g/mol. The van der Waals surface area contributed by atoms with Gasteiger partial charge in [0.1, 0.15) is 29.6 Å². The van der Waals surface area contributed by atoms with Gasteiger partial charge in [-0.1, -0.05) is 55.1 Å². The molecule has 0 aliphatic carbocycles. The van der Waals surface area contributed by atoms with Gasteiger partial charge >= 0.3 is 5.97 Å². The van der Waals surface area contributed by atoms with E-state index < -0.39 is 29.4 Å². The average molecular weight is 611 g/mol. The molecule has 228 valence electrons. The Kier molecular flexibility index (Phi) is 7.12. The van der Waals surface area contributed by atoms with E-state index in [1.165, 1.54) is 6.92 Å². The minimum Gasteiger partial charge on any atom is -0.490 e. The molecule has 46 heavy (non-hydrogen) atoms. The monoisotopic (exact) mass is 610 g/mol. The number of nitrogens with zero attached hydrogens (tertiary/aromatic N) is 1. The molecule has 7 rings (SSSR count). The minimum atomic E-state index is -1.44. The van der Waals surface area contributed by atoms with Gasteiger partial charge in [0.05, 0.1) is 12.0 Å². The predicted molar refractivity (Wildman–Crippen MR) is 173 cm³/mol. The Morgan fingerprint density at radius 2 is 1.52 bits per heavy atom. The first kappa shape index (κ1) is 29.0. The van der Waals surface area contributed by atoms with Crippen LogP contribution in [0.4, 0.5) is 5.69 Å². The van der Waals surface area contributed by atoms with E-state index in [4.69, 9.17) is 9.47 Å². The van der Waals surface area contributed by atoms with Crippen LogP contribution in [0.5, 0.6) is 11.5 Å². The molecule has 1 saturated heterocycles. The van der Waals surface area contributed by atoms with Crippen LogP contribution in [0.3, 0.4) is 0 Å². The highest BCUT2D eigenvalue weighted by atomic mass is 16.5. The highest BCUT2D eigenvalue weighted by molar-refractivity contribution is 6.16. The maximum Gasteiger partial charge on any atom is 0.308 e. The molecule has 0 saturated carbocycles. The summed E-state index contributed by atoms with van der Waals surface area (Å²) in [7, 11) is 0. The molecule has 8 heteroatoms. The van der Waals surface area contributed by atoms with Crippen LogP contribution >= 0.6 is 0 Å². The number of benzene rings is 4. The van der Waals surface area contributed by atoms with Crippen LogP contribution < -0.4 is 14.8 Å². The molecule has 4 aromatic rings. The van der Waals surface area contributed by atoms with Crippen LogP contribution in [0.25, 0.3) is 6.08 Å². The lowest BCUT2D eigenvalue weighted by Crippen LogP contribution is -2.49. The van der Waals surface area contributed by atoms with Crippen molar-refractivity contribution in [3.8, 4) is 11.5 Å². The maximum absolute atomic E-state index is 15.0. The molecule has 3 aliphatic rings. The van der Waals surface area contributed by atoms with Gasteiger partial charge in [-0.2, -0.15) is 0 Å². The first-order valence-corrected chi connectivity index (χ1v) is 15.0. The van der Waals surface area contributed by atoms with E-state index in [0.29, 0.717) is 40.5 Å². The summed E-state index contributed by atoms with van der Waals surface area (Å²) >= 11 is 0. The number of ether oxygens (including phenoxy) is 2. The molecule has 0 bridgehead atoms. The van der Waals surface area contributed by atoms with Gasteiger partial charge < -0.3 is 19.7 Å². The Balaban J connectivity index is 1.44. The lowest BCUT2D eigenvalue weighted by molar-refractivity contribution is -0.131. The zero-order valence-electron chi connectivity index (χ0n) is 25.0. The summed E-state index contributed by atoms with van der Waals surface area (Å²) in [4.78, 5) is 57.7. The molecule has 4 atom stereocenters. The summed E-state index contributed by atoms with van der Waals surface area (Å²) < 4.78 is 10.8. The molecule has 1 spiro atoms. The molecule has 1 amide bonds. The highest BCUT2D eigenvalue weighted by Gasteiger charge is 2.70. The van der Waals surface area contributed by atoms with Gasteiger partial charge in [-0.3, -0.25) is 19.2 Å². The Bertz CT molecular complexity index is 1930. The molecular formula is C38H30N2O6. The molecule has 1 fully saturated rings. The number of rotatable bonds is 8. The molecule has 3 heterocycles. The van der Waals surface area contributed by atoms with Crippen molar-refractivity contribution in [3.63, 3.8) is 0 Å². The standard InChI is InChI=1S/C38H30N2O6/c1-3-22-45-27-16-12-25(13-17-27)34(42)32-33(35(43)26-14-18-28(19-15-26)46-23(2)41)40-21-20-24-8-4-5-9-29(24)36(40)38(32)30-10-6-7-11-31(30)39-37(38)44/h3-21,32-33,36H,1,22H2,2H3,(H,39,44)/t32-,33+,36-,38+/m0/s1. The number of carbonyl (C=O) groups excluding carboxylic acids is 4. The number of Topliss-reactive ketones (excluding diaryl/α,β-unsaturated/α-hetero) is 2. The van der Waals surface area contributed by atoms with E-state index in [-0.39, 0.29) is 17.5 Å². The molecule has 1 N–H and O–H groups in total. The van der Waals surface area contributed by atoms with Crippen molar-refractivity contribution in [2.75, 3.05) is 11.9 Å². The van der Waals surface area contributed by atoms with E-state index in [9.17, 15) is 19.2 Å². The molecule has 3 aliphatic heterocycles. The predicted octanol–water partition coefficient (Wildman–Crippen LogP) is 6.16. The van der Waals surface area contributed by atoms with E-state index in [0.717, 1.165) is 11.1 Å². The lowest BCUT2D eigenvalue weighted by Gasteiger charge is -2.38. The number of anilines is 1. The number of fused-ring (bicyclic) bond motifs is 6. The Labute approximate surface area is 265 Å². The summed E-state index contributed by atoms with van der Waals surface area (Å²) in [5.74, 6) is -1.73. The quantitative estimate of drug-likeness (QED) is 0.110.